The summed E-state index contributed by atoms with van der Waals surface area (Å²) in [6.45, 7) is 2.44. The Kier molecular flexibility index (Phi) is 4.64. The molecule has 1 aromatic carbocycles. The lowest BCUT2D eigenvalue weighted by Gasteiger charge is -2.34. The lowest BCUT2D eigenvalue weighted by atomic mass is 9.81. The molecule has 4 aromatic rings. The van der Waals surface area contributed by atoms with Crippen LogP contribution in [0.25, 0.3) is 33.3 Å². The average molecular weight is 421 g/mol. The first kappa shape index (κ1) is 19.5. The molecule has 6 nitrogen and oxygen atoms in total. The minimum absolute atomic E-state index is 0.0329. The molecular weight excluding hydrogens is 400 g/mol. The van der Waals surface area contributed by atoms with E-state index in [0.29, 0.717) is 12.4 Å². The number of fused-ring (bicyclic) bond motifs is 1. The van der Waals surface area contributed by atoms with Crippen LogP contribution in [-0.2, 0) is 6.54 Å². The van der Waals surface area contributed by atoms with E-state index in [2.05, 4.69) is 15.3 Å². The fraction of sp³-hybridized carbons (Fsp3) is 0.304. The molecule has 0 aliphatic heterocycles. The summed E-state index contributed by atoms with van der Waals surface area (Å²) in [4.78, 5) is 4.77. The molecule has 0 amide bonds. The van der Waals surface area contributed by atoms with E-state index in [-0.39, 0.29) is 18.8 Å². The van der Waals surface area contributed by atoms with Crippen molar-refractivity contribution in [1.82, 2.24) is 25.0 Å². The zero-order valence-corrected chi connectivity index (χ0v) is 17.2. The van der Waals surface area contributed by atoms with Crippen molar-refractivity contribution in [2.24, 2.45) is 5.92 Å². The van der Waals surface area contributed by atoms with Gasteiger partial charge in [0.05, 0.1) is 24.5 Å². The van der Waals surface area contributed by atoms with Crippen LogP contribution >= 0.6 is 0 Å². The van der Waals surface area contributed by atoms with E-state index in [1.54, 1.807) is 18.0 Å². The molecular formula is C23H21F2N5O. The van der Waals surface area contributed by atoms with Crippen molar-refractivity contribution >= 4 is 10.9 Å². The summed E-state index contributed by atoms with van der Waals surface area (Å²) < 4.78 is 33.2. The molecule has 158 valence electrons. The van der Waals surface area contributed by atoms with E-state index in [9.17, 15) is 8.78 Å². The lowest BCUT2D eigenvalue weighted by molar-refractivity contribution is -0.114. The summed E-state index contributed by atoms with van der Waals surface area (Å²) in [7, 11) is 1.56. The van der Waals surface area contributed by atoms with Crippen LogP contribution in [0.1, 0.15) is 18.5 Å². The number of nitrogens with zero attached hydrogens (tertiary/aromatic N) is 5. The largest absolute Gasteiger partial charge is 0.480 e. The summed E-state index contributed by atoms with van der Waals surface area (Å²) >= 11 is 0. The van der Waals surface area contributed by atoms with Gasteiger partial charge in [0.2, 0.25) is 11.8 Å². The smallest absolute Gasteiger partial charge is 0.248 e. The molecule has 1 fully saturated rings. The van der Waals surface area contributed by atoms with E-state index < -0.39 is 5.92 Å². The highest BCUT2D eigenvalue weighted by molar-refractivity contribution is 5.88. The Morgan fingerprint density at radius 1 is 1.10 bits per heavy atom. The number of aromatic nitrogens is 5. The Morgan fingerprint density at radius 2 is 1.94 bits per heavy atom. The molecule has 3 aromatic heterocycles. The van der Waals surface area contributed by atoms with E-state index in [0.717, 1.165) is 39.0 Å². The number of hydrogen-bond donors (Lipinski definition) is 0. The first-order valence-corrected chi connectivity index (χ1v) is 10.1. The zero-order valence-electron chi connectivity index (χ0n) is 17.2. The van der Waals surface area contributed by atoms with Crippen LogP contribution in [0.2, 0.25) is 0 Å². The molecule has 0 saturated heterocycles. The van der Waals surface area contributed by atoms with Gasteiger partial charge in [-0.25, -0.2) is 8.78 Å². The van der Waals surface area contributed by atoms with Gasteiger partial charge in [-0.2, -0.15) is 5.10 Å². The van der Waals surface area contributed by atoms with Crippen LogP contribution in [0.3, 0.4) is 0 Å². The van der Waals surface area contributed by atoms with Gasteiger partial charge in [0.1, 0.15) is 0 Å². The van der Waals surface area contributed by atoms with Gasteiger partial charge in [0, 0.05) is 59.4 Å². The van der Waals surface area contributed by atoms with Gasteiger partial charge in [0.25, 0.3) is 0 Å². The Hall–Kier alpha value is -3.42. The first-order chi connectivity index (χ1) is 14.9. The normalized spacial score (nSPS) is 15.7. The van der Waals surface area contributed by atoms with Crippen molar-refractivity contribution < 1.29 is 13.5 Å². The van der Waals surface area contributed by atoms with Crippen LogP contribution in [-0.4, -0.2) is 38.0 Å². The standard InChI is InChI=1S/C23H21F2N5O/c1-14-3-6-19(18-11-26-30(13-18)12-15-9-23(24,25)10-15)22(27-14)17-5-4-16-8-21(31-2)29-28-20(16)7-17/h3-8,11,13,15H,9-10,12H2,1-2H3. The molecule has 1 aliphatic carbocycles. The lowest BCUT2D eigenvalue weighted by Crippen LogP contribution is -2.37. The minimum atomic E-state index is -2.52. The topological polar surface area (TPSA) is 65.7 Å². The van der Waals surface area contributed by atoms with Gasteiger partial charge in [-0.1, -0.05) is 18.2 Å². The van der Waals surface area contributed by atoms with Gasteiger partial charge >= 0.3 is 0 Å². The molecule has 0 N–H and O–H groups in total. The van der Waals surface area contributed by atoms with Crippen LogP contribution in [0.4, 0.5) is 8.78 Å². The summed E-state index contributed by atoms with van der Waals surface area (Å²) in [6.07, 6.45) is 3.53. The van der Waals surface area contributed by atoms with Crippen LogP contribution < -0.4 is 4.74 Å². The SMILES string of the molecule is COc1cc2ccc(-c3nc(C)ccc3-c3cnn(CC4CC(F)(F)C4)c3)cc2nn1. The molecule has 5 rings (SSSR count). The number of alkyl halides is 2. The molecule has 0 bridgehead atoms. The molecule has 0 unspecified atom stereocenters. The number of methoxy groups -OCH3 is 1. The van der Waals surface area contributed by atoms with Gasteiger partial charge < -0.3 is 4.74 Å². The number of aryl methyl sites for hydroxylation is 1. The van der Waals surface area contributed by atoms with Gasteiger partial charge in [-0.3, -0.25) is 9.67 Å². The summed E-state index contributed by atoms with van der Waals surface area (Å²) in [5.41, 5.74) is 5.19. The van der Waals surface area contributed by atoms with Crippen LogP contribution in [0, 0.1) is 12.8 Å². The second-order valence-corrected chi connectivity index (χ2v) is 8.09. The Bertz CT molecular complexity index is 1260. The number of hydrogen-bond acceptors (Lipinski definition) is 5. The number of ether oxygens (including phenoxy) is 1. The van der Waals surface area contributed by atoms with Gasteiger partial charge in [-0.15, -0.1) is 10.2 Å². The Labute approximate surface area is 177 Å². The van der Waals surface area contributed by atoms with Crippen molar-refractivity contribution in [2.45, 2.75) is 32.2 Å². The van der Waals surface area contributed by atoms with E-state index >= 15 is 0 Å². The second-order valence-electron chi connectivity index (χ2n) is 8.09. The van der Waals surface area contributed by atoms with Crippen LogP contribution in [0.5, 0.6) is 5.88 Å². The number of benzene rings is 1. The fourth-order valence-electron chi connectivity index (χ4n) is 4.06. The van der Waals surface area contributed by atoms with Crippen molar-refractivity contribution in [3.8, 4) is 28.3 Å². The predicted molar refractivity (Wildman–Crippen MR) is 113 cm³/mol. The third kappa shape index (κ3) is 3.85. The summed E-state index contributed by atoms with van der Waals surface area (Å²) in [5.74, 6) is -2.08. The van der Waals surface area contributed by atoms with Crippen molar-refractivity contribution in [1.29, 1.82) is 0 Å². The molecule has 3 heterocycles. The maximum atomic E-state index is 13.1. The third-order valence-electron chi connectivity index (χ3n) is 5.65. The van der Waals surface area contributed by atoms with E-state index in [1.807, 2.05) is 49.5 Å². The maximum Gasteiger partial charge on any atom is 0.248 e. The number of rotatable bonds is 5. The predicted octanol–water partition coefficient (Wildman–Crippen LogP) is 4.92. The molecule has 0 radical (unpaired) electrons. The third-order valence-corrected chi connectivity index (χ3v) is 5.65. The van der Waals surface area contributed by atoms with Crippen LogP contribution in [0.15, 0.2) is 48.8 Å². The van der Waals surface area contributed by atoms with Crippen molar-refractivity contribution in [2.75, 3.05) is 7.11 Å². The second kappa shape index (κ2) is 7.37. The first-order valence-electron chi connectivity index (χ1n) is 10.1. The number of halogens is 2. The minimum Gasteiger partial charge on any atom is -0.480 e. The highest BCUT2D eigenvalue weighted by Gasteiger charge is 2.45. The quantitative estimate of drug-likeness (QED) is 0.458. The average Bonchev–Trinajstić information content (AvgIpc) is 3.20. The molecule has 0 atom stereocenters. The molecule has 8 heteroatoms. The Balaban J connectivity index is 1.49. The highest BCUT2D eigenvalue weighted by atomic mass is 19.3. The summed E-state index contributed by atoms with van der Waals surface area (Å²) in [5, 5.41) is 13.6. The van der Waals surface area contributed by atoms with Crippen molar-refractivity contribution in [3.63, 3.8) is 0 Å². The summed E-state index contributed by atoms with van der Waals surface area (Å²) in [6, 6.07) is 11.7. The Morgan fingerprint density at radius 3 is 2.71 bits per heavy atom. The highest BCUT2D eigenvalue weighted by Crippen LogP contribution is 2.43. The molecule has 1 aliphatic rings. The monoisotopic (exact) mass is 421 g/mol. The van der Waals surface area contributed by atoms with E-state index in [1.165, 1.54) is 0 Å². The zero-order chi connectivity index (χ0) is 21.6. The van der Waals surface area contributed by atoms with Gasteiger partial charge in [0.15, 0.2) is 0 Å². The van der Waals surface area contributed by atoms with Crippen molar-refractivity contribution in [3.05, 3.63) is 54.5 Å². The number of pyridine rings is 1. The maximum absolute atomic E-state index is 13.1. The fourth-order valence-corrected chi connectivity index (χ4v) is 4.06. The van der Waals surface area contributed by atoms with Gasteiger partial charge in [-0.05, 0) is 25.0 Å². The molecule has 31 heavy (non-hydrogen) atoms. The molecule has 1 saturated carbocycles. The molecule has 0 spiro atoms. The van der Waals surface area contributed by atoms with E-state index in [4.69, 9.17) is 9.72 Å².